The van der Waals surface area contributed by atoms with Crippen LogP contribution in [0.4, 0.5) is 0 Å². The van der Waals surface area contributed by atoms with Gasteiger partial charge >= 0.3 is 0 Å². The minimum Gasteiger partial charge on any atom is -0.392 e. The first-order chi connectivity index (χ1) is 6.89. The molecule has 1 aromatic carbocycles. The third kappa shape index (κ3) is 2.57. The first-order valence-corrected chi connectivity index (χ1v) is 6.44. The minimum atomic E-state index is -3.46. The van der Waals surface area contributed by atoms with Gasteiger partial charge in [-0.25, -0.2) is 12.7 Å². The molecule has 84 valence electrons. The van der Waals surface area contributed by atoms with Crippen molar-refractivity contribution in [1.29, 1.82) is 0 Å². The topological polar surface area (TPSA) is 57.6 Å². The van der Waals surface area contributed by atoms with Crippen LogP contribution >= 0.6 is 15.9 Å². The molecule has 0 radical (unpaired) electrons. The highest BCUT2D eigenvalue weighted by Crippen LogP contribution is 2.25. The molecule has 0 saturated carbocycles. The maximum absolute atomic E-state index is 11.8. The minimum absolute atomic E-state index is 0.166. The van der Waals surface area contributed by atoms with Crippen LogP contribution in [0.25, 0.3) is 0 Å². The summed E-state index contributed by atoms with van der Waals surface area (Å²) in [5.41, 5.74) is 0.568. The van der Waals surface area contributed by atoms with Crippen molar-refractivity contribution in [3.8, 4) is 0 Å². The van der Waals surface area contributed by atoms with Crippen LogP contribution in [0.5, 0.6) is 0 Å². The Labute approximate surface area is 97.7 Å². The van der Waals surface area contributed by atoms with Gasteiger partial charge in [-0.15, -0.1) is 0 Å². The van der Waals surface area contributed by atoms with E-state index in [0.29, 0.717) is 10.0 Å². The number of halogens is 1. The van der Waals surface area contributed by atoms with Gasteiger partial charge in [-0.2, -0.15) is 0 Å². The molecular formula is C9H12BrNO3S. The van der Waals surface area contributed by atoms with Crippen LogP contribution in [-0.2, 0) is 16.6 Å². The van der Waals surface area contributed by atoms with Gasteiger partial charge in [-0.05, 0) is 33.6 Å². The first-order valence-electron chi connectivity index (χ1n) is 4.21. The Morgan fingerprint density at radius 2 is 2.00 bits per heavy atom. The van der Waals surface area contributed by atoms with Crippen LogP contribution in [-0.4, -0.2) is 31.9 Å². The third-order valence-electron chi connectivity index (χ3n) is 1.94. The van der Waals surface area contributed by atoms with Crippen molar-refractivity contribution in [2.45, 2.75) is 11.5 Å². The van der Waals surface area contributed by atoms with E-state index in [2.05, 4.69) is 15.9 Å². The fourth-order valence-corrected chi connectivity index (χ4v) is 2.91. The van der Waals surface area contributed by atoms with E-state index < -0.39 is 10.0 Å². The summed E-state index contributed by atoms with van der Waals surface area (Å²) in [5.74, 6) is 0. The van der Waals surface area contributed by atoms with E-state index >= 15 is 0 Å². The van der Waals surface area contributed by atoms with E-state index in [1.807, 2.05) is 0 Å². The number of sulfonamides is 1. The van der Waals surface area contributed by atoms with Crippen molar-refractivity contribution < 1.29 is 13.5 Å². The summed E-state index contributed by atoms with van der Waals surface area (Å²) in [7, 11) is -0.533. The van der Waals surface area contributed by atoms with E-state index in [-0.39, 0.29) is 11.5 Å². The average Bonchev–Trinajstić information content (AvgIpc) is 2.18. The smallest absolute Gasteiger partial charge is 0.243 e. The van der Waals surface area contributed by atoms with Crippen LogP contribution in [0.15, 0.2) is 27.6 Å². The molecule has 0 heterocycles. The van der Waals surface area contributed by atoms with Crippen molar-refractivity contribution in [3.63, 3.8) is 0 Å². The largest absolute Gasteiger partial charge is 0.392 e. The molecule has 0 spiro atoms. The van der Waals surface area contributed by atoms with Crippen LogP contribution in [0, 0.1) is 0 Å². The van der Waals surface area contributed by atoms with Crippen LogP contribution < -0.4 is 0 Å². The molecule has 0 aliphatic carbocycles. The second-order valence-electron chi connectivity index (χ2n) is 3.21. The van der Waals surface area contributed by atoms with Gasteiger partial charge in [0.15, 0.2) is 0 Å². The quantitative estimate of drug-likeness (QED) is 0.911. The number of benzene rings is 1. The maximum Gasteiger partial charge on any atom is 0.243 e. The molecule has 1 N–H and O–H groups in total. The predicted molar refractivity (Wildman–Crippen MR) is 60.9 cm³/mol. The molecule has 0 bridgehead atoms. The molecule has 1 rings (SSSR count). The second kappa shape index (κ2) is 4.61. The Balaban J connectivity index is 3.37. The molecule has 6 heteroatoms. The van der Waals surface area contributed by atoms with Gasteiger partial charge in [0.1, 0.15) is 0 Å². The summed E-state index contributed by atoms with van der Waals surface area (Å²) in [6.07, 6.45) is 0. The van der Waals surface area contributed by atoms with Crippen molar-refractivity contribution in [2.75, 3.05) is 14.1 Å². The lowest BCUT2D eigenvalue weighted by Gasteiger charge is -2.13. The first kappa shape index (κ1) is 12.6. The van der Waals surface area contributed by atoms with E-state index in [1.165, 1.54) is 20.2 Å². The van der Waals surface area contributed by atoms with Gasteiger partial charge in [0.25, 0.3) is 0 Å². The number of aliphatic hydroxyl groups excluding tert-OH is 1. The number of hydrogen-bond acceptors (Lipinski definition) is 3. The third-order valence-corrected chi connectivity index (χ3v) is 4.75. The molecule has 0 aliphatic heterocycles. The van der Waals surface area contributed by atoms with Gasteiger partial charge in [0, 0.05) is 18.6 Å². The highest BCUT2D eigenvalue weighted by atomic mass is 79.9. The van der Waals surface area contributed by atoms with Crippen LogP contribution in [0.1, 0.15) is 5.56 Å². The summed E-state index contributed by atoms with van der Waals surface area (Å²) in [6.45, 7) is -0.177. The summed E-state index contributed by atoms with van der Waals surface area (Å²) >= 11 is 3.18. The Morgan fingerprint density at radius 3 is 2.47 bits per heavy atom. The zero-order valence-electron chi connectivity index (χ0n) is 8.44. The Bertz CT molecular complexity index is 456. The number of rotatable bonds is 3. The van der Waals surface area contributed by atoms with Crippen molar-refractivity contribution in [1.82, 2.24) is 4.31 Å². The number of nitrogens with zero attached hydrogens (tertiary/aromatic N) is 1. The van der Waals surface area contributed by atoms with Crippen molar-refractivity contribution in [3.05, 3.63) is 28.2 Å². The maximum atomic E-state index is 11.8. The zero-order chi connectivity index (χ0) is 11.6. The standard InChI is InChI=1S/C9H12BrNO3S/c1-11(2)15(13,14)9-5-7(6-12)3-4-8(9)10/h3-5,12H,6H2,1-2H3. The molecule has 1 aromatic rings. The molecule has 0 aromatic heterocycles. The highest BCUT2D eigenvalue weighted by Gasteiger charge is 2.20. The number of aliphatic hydroxyl groups is 1. The lowest BCUT2D eigenvalue weighted by Crippen LogP contribution is -2.22. The Morgan fingerprint density at radius 1 is 1.40 bits per heavy atom. The lowest BCUT2D eigenvalue weighted by atomic mass is 10.2. The van der Waals surface area contributed by atoms with Gasteiger partial charge in [-0.1, -0.05) is 6.07 Å². The molecule has 15 heavy (non-hydrogen) atoms. The fourth-order valence-electron chi connectivity index (χ4n) is 1.04. The van der Waals surface area contributed by atoms with Crippen LogP contribution in [0.3, 0.4) is 0 Å². The normalized spacial score (nSPS) is 12.1. The zero-order valence-corrected chi connectivity index (χ0v) is 10.8. The molecule has 0 fully saturated rings. The summed E-state index contributed by atoms with van der Waals surface area (Å²) in [4.78, 5) is 0.166. The van der Waals surface area contributed by atoms with E-state index in [4.69, 9.17) is 5.11 Å². The molecule has 0 atom stereocenters. The highest BCUT2D eigenvalue weighted by molar-refractivity contribution is 9.10. The van der Waals surface area contributed by atoms with Crippen LogP contribution in [0.2, 0.25) is 0 Å². The van der Waals surface area contributed by atoms with Crippen molar-refractivity contribution in [2.24, 2.45) is 0 Å². The molecule has 0 amide bonds. The molecule has 0 saturated heterocycles. The number of hydrogen-bond donors (Lipinski definition) is 1. The molecule has 0 aliphatic rings. The summed E-state index contributed by atoms with van der Waals surface area (Å²) in [5, 5.41) is 8.93. The summed E-state index contributed by atoms with van der Waals surface area (Å²) < 4.78 is 25.3. The lowest BCUT2D eigenvalue weighted by molar-refractivity contribution is 0.281. The molecular weight excluding hydrogens is 282 g/mol. The predicted octanol–water partition coefficient (Wildman–Crippen LogP) is 1.19. The van der Waals surface area contributed by atoms with E-state index in [9.17, 15) is 8.42 Å². The van der Waals surface area contributed by atoms with Gasteiger partial charge in [0.05, 0.1) is 11.5 Å². The fraction of sp³-hybridized carbons (Fsp3) is 0.333. The summed E-state index contributed by atoms with van der Waals surface area (Å²) in [6, 6.07) is 4.74. The SMILES string of the molecule is CN(C)S(=O)(=O)c1cc(CO)ccc1Br. The average molecular weight is 294 g/mol. The molecule has 0 unspecified atom stereocenters. The van der Waals surface area contributed by atoms with E-state index in [0.717, 1.165) is 4.31 Å². The monoisotopic (exact) mass is 293 g/mol. The van der Waals surface area contributed by atoms with Gasteiger partial charge < -0.3 is 5.11 Å². The molecule has 4 nitrogen and oxygen atoms in total. The van der Waals surface area contributed by atoms with Gasteiger partial charge in [-0.3, -0.25) is 0 Å². The van der Waals surface area contributed by atoms with Crippen molar-refractivity contribution >= 4 is 26.0 Å². The second-order valence-corrected chi connectivity index (χ2v) is 6.18. The van der Waals surface area contributed by atoms with Gasteiger partial charge in [0.2, 0.25) is 10.0 Å². The Hall–Kier alpha value is -0.430. The Kier molecular flexibility index (Phi) is 3.88. The van der Waals surface area contributed by atoms with E-state index in [1.54, 1.807) is 12.1 Å².